The molecule has 0 aromatic rings. The van der Waals surface area contributed by atoms with Gasteiger partial charge in [-0.05, 0) is 31.1 Å². The Hall–Kier alpha value is -1.05. The number of carbonyl (C=O) groups is 1. The molecule has 1 atom stereocenters. The van der Waals surface area contributed by atoms with Crippen molar-refractivity contribution in [3.8, 4) is 0 Å². The summed E-state index contributed by atoms with van der Waals surface area (Å²) < 4.78 is 0. The number of hydrogen-bond acceptors (Lipinski definition) is 2. The van der Waals surface area contributed by atoms with Gasteiger partial charge in [-0.2, -0.15) is 0 Å². The van der Waals surface area contributed by atoms with Crippen molar-refractivity contribution in [3.05, 3.63) is 23.4 Å². The lowest BCUT2D eigenvalue weighted by Crippen LogP contribution is -2.17. The van der Waals surface area contributed by atoms with Gasteiger partial charge >= 0.3 is 0 Å². The molecule has 0 spiro atoms. The SMILES string of the molecule is CC1=CC(=O)C2CCNC2=C1. The van der Waals surface area contributed by atoms with Crippen LogP contribution in [0, 0.1) is 5.92 Å². The molecule has 1 aliphatic heterocycles. The summed E-state index contributed by atoms with van der Waals surface area (Å²) in [5.74, 6) is 0.420. The first-order valence-corrected chi connectivity index (χ1v) is 3.95. The summed E-state index contributed by atoms with van der Waals surface area (Å²) >= 11 is 0. The van der Waals surface area contributed by atoms with Gasteiger partial charge in [0.25, 0.3) is 0 Å². The van der Waals surface area contributed by atoms with Gasteiger partial charge in [-0.25, -0.2) is 0 Å². The molecule has 2 nitrogen and oxygen atoms in total. The minimum Gasteiger partial charge on any atom is -0.388 e. The lowest BCUT2D eigenvalue weighted by molar-refractivity contribution is -0.117. The Bertz CT molecular complexity index is 263. The van der Waals surface area contributed by atoms with E-state index in [1.165, 1.54) is 0 Å². The number of rotatable bonds is 0. The maximum atomic E-state index is 11.3. The van der Waals surface area contributed by atoms with Crippen LogP contribution in [0.2, 0.25) is 0 Å². The van der Waals surface area contributed by atoms with Crippen LogP contribution >= 0.6 is 0 Å². The number of ketones is 1. The normalized spacial score (nSPS) is 28.8. The van der Waals surface area contributed by atoms with E-state index in [9.17, 15) is 4.79 Å². The van der Waals surface area contributed by atoms with E-state index in [-0.39, 0.29) is 11.7 Å². The van der Waals surface area contributed by atoms with Gasteiger partial charge in [0.1, 0.15) is 0 Å². The second-order valence-corrected chi connectivity index (χ2v) is 3.16. The molecular formula is C9H11NO. The zero-order valence-corrected chi connectivity index (χ0v) is 6.55. The van der Waals surface area contributed by atoms with Gasteiger partial charge < -0.3 is 5.32 Å². The lowest BCUT2D eigenvalue weighted by Gasteiger charge is -2.12. The van der Waals surface area contributed by atoms with Crippen LogP contribution in [0.15, 0.2) is 23.4 Å². The van der Waals surface area contributed by atoms with Gasteiger partial charge in [0.05, 0.1) is 5.92 Å². The molecule has 58 valence electrons. The van der Waals surface area contributed by atoms with E-state index in [1.54, 1.807) is 6.08 Å². The molecule has 0 aromatic carbocycles. The fraction of sp³-hybridized carbons (Fsp3) is 0.444. The summed E-state index contributed by atoms with van der Waals surface area (Å²) in [5, 5.41) is 3.22. The van der Waals surface area contributed by atoms with Gasteiger partial charge in [-0.15, -0.1) is 0 Å². The smallest absolute Gasteiger partial charge is 0.164 e. The van der Waals surface area contributed by atoms with Crippen LogP contribution in [-0.4, -0.2) is 12.3 Å². The molecule has 0 amide bonds. The Morgan fingerprint density at radius 2 is 2.36 bits per heavy atom. The highest BCUT2D eigenvalue weighted by Gasteiger charge is 2.28. The molecule has 11 heavy (non-hydrogen) atoms. The minimum atomic E-state index is 0.152. The maximum Gasteiger partial charge on any atom is 0.164 e. The maximum absolute atomic E-state index is 11.3. The zero-order valence-electron chi connectivity index (χ0n) is 6.55. The number of allylic oxidation sites excluding steroid dienone is 4. The van der Waals surface area contributed by atoms with Gasteiger partial charge in [-0.1, -0.05) is 0 Å². The fourth-order valence-corrected chi connectivity index (χ4v) is 1.70. The molecule has 1 saturated heterocycles. The standard InChI is InChI=1S/C9H11NO/c1-6-4-8-7(2-3-10-8)9(11)5-6/h4-5,7,10H,2-3H2,1H3. The van der Waals surface area contributed by atoms with E-state index in [0.717, 1.165) is 24.2 Å². The lowest BCUT2D eigenvalue weighted by atomic mass is 9.93. The van der Waals surface area contributed by atoms with Crippen LogP contribution < -0.4 is 5.32 Å². The van der Waals surface area contributed by atoms with Crippen molar-refractivity contribution < 1.29 is 4.79 Å². The highest BCUT2D eigenvalue weighted by Crippen LogP contribution is 2.25. The van der Waals surface area contributed by atoms with E-state index in [2.05, 4.69) is 11.4 Å². The molecule has 1 unspecified atom stereocenters. The van der Waals surface area contributed by atoms with Crippen molar-refractivity contribution in [2.45, 2.75) is 13.3 Å². The predicted octanol–water partition coefficient (Wildman–Crippen LogP) is 1.01. The second kappa shape index (κ2) is 2.22. The Kier molecular flexibility index (Phi) is 1.34. The molecule has 0 radical (unpaired) electrons. The number of hydrogen-bond donors (Lipinski definition) is 1. The average molecular weight is 149 g/mol. The Morgan fingerprint density at radius 1 is 1.55 bits per heavy atom. The zero-order chi connectivity index (χ0) is 7.84. The van der Waals surface area contributed by atoms with Gasteiger partial charge in [0, 0.05) is 12.2 Å². The molecule has 2 rings (SSSR count). The van der Waals surface area contributed by atoms with Crippen LogP contribution in [0.1, 0.15) is 13.3 Å². The molecule has 1 fully saturated rings. The third kappa shape index (κ3) is 0.985. The second-order valence-electron chi connectivity index (χ2n) is 3.16. The van der Waals surface area contributed by atoms with Crippen molar-refractivity contribution >= 4 is 5.78 Å². The molecular weight excluding hydrogens is 138 g/mol. The first-order valence-electron chi connectivity index (χ1n) is 3.95. The summed E-state index contributed by atoms with van der Waals surface area (Å²) in [6.45, 7) is 2.91. The van der Waals surface area contributed by atoms with Crippen molar-refractivity contribution in [2.75, 3.05) is 6.54 Å². The van der Waals surface area contributed by atoms with Crippen LogP contribution in [0.5, 0.6) is 0 Å². The number of nitrogens with one attached hydrogen (secondary N) is 1. The molecule has 2 aliphatic rings. The van der Waals surface area contributed by atoms with Crippen molar-refractivity contribution in [1.29, 1.82) is 0 Å². The average Bonchev–Trinajstić information content (AvgIpc) is 2.34. The van der Waals surface area contributed by atoms with E-state index in [0.29, 0.717) is 0 Å². The highest BCUT2D eigenvalue weighted by atomic mass is 16.1. The van der Waals surface area contributed by atoms with Crippen LogP contribution in [0.25, 0.3) is 0 Å². The van der Waals surface area contributed by atoms with Crippen molar-refractivity contribution in [1.82, 2.24) is 5.32 Å². The van der Waals surface area contributed by atoms with E-state index < -0.39 is 0 Å². The topological polar surface area (TPSA) is 29.1 Å². The monoisotopic (exact) mass is 149 g/mol. The summed E-state index contributed by atoms with van der Waals surface area (Å²) in [4.78, 5) is 11.3. The molecule has 1 heterocycles. The molecule has 0 aromatic heterocycles. The molecule has 0 bridgehead atoms. The molecule has 2 heteroatoms. The van der Waals surface area contributed by atoms with Gasteiger partial charge in [0.2, 0.25) is 0 Å². The Balaban J connectivity index is 2.36. The third-order valence-corrected chi connectivity index (χ3v) is 2.23. The summed E-state index contributed by atoms with van der Waals surface area (Å²) in [6, 6.07) is 0. The van der Waals surface area contributed by atoms with E-state index in [1.807, 2.05) is 6.92 Å². The number of carbonyl (C=O) groups excluding carboxylic acids is 1. The van der Waals surface area contributed by atoms with Gasteiger partial charge in [-0.3, -0.25) is 4.79 Å². The van der Waals surface area contributed by atoms with Crippen molar-refractivity contribution in [3.63, 3.8) is 0 Å². The van der Waals surface area contributed by atoms with Crippen LogP contribution in [0.3, 0.4) is 0 Å². The summed E-state index contributed by atoms with van der Waals surface area (Å²) in [6.07, 6.45) is 4.77. The fourth-order valence-electron chi connectivity index (χ4n) is 1.70. The minimum absolute atomic E-state index is 0.152. The third-order valence-electron chi connectivity index (χ3n) is 2.23. The van der Waals surface area contributed by atoms with Crippen molar-refractivity contribution in [2.24, 2.45) is 5.92 Å². The summed E-state index contributed by atoms with van der Waals surface area (Å²) in [7, 11) is 0. The first-order chi connectivity index (χ1) is 5.27. The Labute approximate surface area is 66.0 Å². The van der Waals surface area contributed by atoms with E-state index in [4.69, 9.17) is 0 Å². The van der Waals surface area contributed by atoms with Gasteiger partial charge in [0.15, 0.2) is 5.78 Å². The quantitative estimate of drug-likeness (QED) is 0.557. The largest absolute Gasteiger partial charge is 0.388 e. The first kappa shape index (κ1) is 6.65. The molecule has 0 saturated carbocycles. The van der Waals surface area contributed by atoms with E-state index >= 15 is 0 Å². The molecule has 1 aliphatic carbocycles. The predicted molar refractivity (Wildman–Crippen MR) is 43.0 cm³/mol. The highest BCUT2D eigenvalue weighted by molar-refractivity contribution is 5.96. The Morgan fingerprint density at radius 3 is 3.18 bits per heavy atom. The van der Waals surface area contributed by atoms with Crippen LogP contribution in [0.4, 0.5) is 0 Å². The summed E-state index contributed by atoms with van der Waals surface area (Å²) in [5.41, 5.74) is 2.19. The molecule has 1 N–H and O–H groups in total. The number of fused-ring (bicyclic) bond motifs is 1. The van der Waals surface area contributed by atoms with Crippen LogP contribution in [-0.2, 0) is 4.79 Å².